The molecule has 1 spiro atoms. The van der Waals surface area contributed by atoms with Crippen molar-refractivity contribution in [1.29, 1.82) is 0 Å². The van der Waals surface area contributed by atoms with Gasteiger partial charge in [-0.1, -0.05) is 41.9 Å². The highest BCUT2D eigenvalue weighted by molar-refractivity contribution is 9.09. The minimum atomic E-state index is -1.24. The Morgan fingerprint density at radius 2 is 1.89 bits per heavy atom. The van der Waals surface area contributed by atoms with Crippen molar-refractivity contribution >= 4 is 56.7 Å². The number of halogens is 3. The van der Waals surface area contributed by atoms with E-state index in [0.29, 0.717) is 36.0 Å². The van der Waals surface area contributed by atoms with E-state index in [1.54, 1.807) is 6.92 Å². The first kappa shape index (κ1) is 26.2. The molecule has 1 saturated carbocycles. The second kappa shape index (κ2) is 8.48. The molecule has 37 heavy (non-hydrogen) atoms. The van der Waals surface area contributed by atoms with Gasteiger partial charge in [0.05, 0.1) is 16.8 Å². The number of hydrogen-bond acceptors (Lipinski definition) is 7. The fourth-order valence-electron chi connectivity index (χ4n) is 8.15. The van der Waals surface area contributed by atoms with Gasteiger partial charge in [-0.2, -0.15) is 0 Å². The van der Waals surface area contributed by atoms with Crippen LogP contribution in [-0.2, 0) is 19.1 Å². The Morgan fingerprint density at radius 3 is 2.49 bits per heavy atom. The van der Waals surface area contributed by atoms with E-state index in [1.807, 2.05) is 26.0 Å². The van der Waals surface area contributed by atoms with Gasteiger partial charge in [-0.15, -0.1) is 23.2 Å². The maximum Gasteiger partial charge on any atom is 0.309 e. The van der Waals surface area contributed by atoms with Crippen LogP contribution in [0.3, 0.4) is 0 Å². The van der Waals surface area contributed by atoms with Gasteiger partial charge in [0.1, 0.15) is 28.7 Å². The van der Waals surface area contributed by atoms with Crippen molar-refractivity contribution in [3.05, 3.63) is 34.4 Å². The lowest BCUT2D eigenvalue weighted by Crippen LogP contribution is -2.65. The van der Waals surface area contributed by atoms with Gasteiger partial charge in [-0.05, 0) is 48.8 Å². The second-order valence-electron chi connectivity index (χ2n) is 11.7. The molecule has 200 valence electrons. The number of carbonyl (C=O) groups excluding carboxylic acids is 3. The number of carbonyl (C=O) groups is 3. The van der Waals surface area contributed by atoms with E-state index in [2.05, 4.69) is 15.9 Å². The summed E-state index contributed by atoms with van der Waals surface area (Å²) in [5, 5.41) is 21.7. The van der Waals surface area contributed by atoms with Gasteiger partial charge in [0.15, 0.2) is 11.6 Å². The zero-order chi connectivity index (χ0) is 26.8. The topological polar surface area (TPSA) is 110 Å². The lowest BCUT2D eigenvalue weighted by Gasteiger charge is -2.53. The molecule has 11 atom stereocenters. The Balaban J connectivity index is 1.40. The summed E-state index contributed by atoms with van der Waals surface area (Å²) in [5.41, 5.74) is 0.777. The fourth-order valence-corrected chi connectivity index (χ4v) is 9.98. The highest BCUT2D eigenvalue weighted by Gasteiger charge is 2.78. The minimum absolute atomic E-state index is 0.0612. The van der Waals surface area contributed by atoms with Crippen molar-refractivity contribution in [1.82, 2.24) is 0 Å². The number of ketones is 2. The summed E-state index contributed by atoms with van der Waals surface area (Å²) in [5.74, 6) is -2.48. The number of hydrogen-bond donors (Lipinski definition) is 2. The predicted molar refractivity (Wildman–Crippen MR) is 138 cm³/mol. The van der Waals surface area contributed by atoms with Crippen LogP contribution in [0.4, 0.5) is 0 Å². The molecule has 2 N–H and O–H groups in total. The first-order valence-electron chi connectivity index (χ1n) is 12.7. The molecule has 3 saturated heterocycles. The molecule has 3 aliphatic heterocycles. The molecule has 10 heteroatoms. The maximum absolute atomic E-state index is 14.2. The summed E-state index contributed by atoms with van der Waals surface area (Å²) in [6.45, 7) is 5.52. The van der Waals surface area contributed by atoms with Crippen molar-refractivity contribution in [2.75, 3.05) is 0 Å². The monoisotopic (exact) mass is 614 g/mol. The molecule has 2 aliphatic carbocycles. The number of aliphatic hydroxyl groups is 2. The van der Waals surface area contributed by atoms with Crippen LogP contribution < -0.4 is 0 Å². The summed E-state index contributed by atoms with van der Waals surface area (Å²) < 4.78 is 11.6. The smallest absolute Gasteiger partial charge is 0.309 e. The van der Waals surface area contributed by atoms with E-state index in [4.69, 9.17) is 32.7 Å². The van der Waals surface area contributed by atoms with E-state index in [0.717, 1.165) is 5.56 Å². The first-order chi connectivity index (χ1) is 17.3. The van der Waals surface area contributed by atoms with Gasteiger partial charge in [-0.3, -0.25) is 14.4 Å². The zero-order valence-electron chi connectivity index (χ0n) is 20.6. The van der Waals surface area contributed by atoms with Gasteiger partial charge < -0.3 is 19.7 Å². The Kier molecular flexibility index (Phi) is 6.01. The normalized spacial score (nSPS) is 43.6. The summed E-state index contributed by atoms with van der Waals surface area (Å²) in [7, 11) is 0. The quantitative estimate of drug-likeness (QED) is 0.392. The first-order valence-corrected chi connectivity index (χ1v) is 14.5. The summed E-state index contributed by atoms with van der Waals surface area (Å²) in [6, 6.07) is 3.77. The Hall–Kier alpha value is -1.03. The van der Waals surface area contributed by atoms with Crippen LogP contribution in [0.1, 0.15) is 72.0 Å². The number of fused-ring (bicyclic) bond motifs is 5. The average Bonchev–Trinajstić information content (AvgIpc) is 3.50. The molecule has 6 rings (SSSR count). The Bertz CT molecular complexity index is 1220. The third-order valence-corrected chi connectivity index (χ3v) is 11.5. The van der Waals surface area contributed by atoms with Crippen molar-refractivity contribution in [3.8, 4) is 0 Å². The van der Waals surface area contributed by atoms with Crippen molar-refractivity contribution in [2.24, 2.45) is 17.3 Å². The number of ether oxygens (including phenoxy) is 2. The van der Waals surface area contributed by atoms with Crippen molar-refractivity contribution < 1.29 is 34.1 Å². The predicted octanol–water partition coefficient (Wildman–Crippen LogP) is 3.74. The lowest BCUT2D eigenvalue weighted by atomic mass is 9.51. The number of aliphatic hydroxyl groups excluding tert-OH is 2. The molecule has 3 heterocycles. The fraction of sp³-hybridized carbons (Fsp3) is 0.667. The maximum atomic E-state index is 14.2. The van der Waals surface area contributed by atoms with Crippen LogP contribution in [0.5, 0.6) is 0 Å². The third kappa shape index (κ3) is 3.20. The molecule has 0 aromatic heterocycles. The number of rotatable bonds is 4. The van der Waals surface area contributed by atoms with E-state index in [1.165, 1.54) is 0 Å². The number of Topliss-reactive ketones (excluding diaryl/α,β-unsaturated/α-hetero) is 2. The summed E-state index contributed by atoms with van der Waals surface area (Å²) in [6.07, 6.45) is -2.38. The van der Waals surface area contributed by atoms with Crippen LogP contribution in [0, 0.1) is 24.2 Å². The standard InChI is InChI=1S/C27H29BrCl2O7/c1-9-6-14(36-25(9)35)20(31)18(24(29)30)11-4-5-12-13-7-16(28)27-23(34)21(32)15(37-27)8-26(27,3)19(13)22(33)17(12)10(11)2/h4-5,9,13-16,18-21,24,31-32H,6-8H2,1-3H3/t9?,13-,14?,15?,16?,18+,19?,20+,21-,26+,27?/m0/s1. The molecular weight excluding hydrogens is 587 g/mol. The van der Waals surface area contributed by atoms with Gasteiger partial charge in [0, 0.05) is 22.8 Å². The van der Waals surface area contributed by atoms with Crippen LogP contribution in [0.25, 0.3) is 0 Å². The van der Waals surface area contributed by atoms with Crippen LogP contribution >= 0.6 is 39.1 Å². The molecule has 2 bridgehead atoms. The molecule has 7 nitrogen and oxygen atoms in total. The Labute approximate surface area is 233 Å². The van der Waals surface area contributed by atoms with Crippen molar-refractivity contribution in [3.63, 3.8) is 0 Å². The van der Waals surface area contributed by atoms with Gasteiger partial charge in [-0.25, -0.2) is 0 Å². The zero-order valence-corrected chi connectivity index (χ0v) is 23.7. The molecular formula is C27H29BrCl2O7. The van der Waals surface area contributed by atoms with Crippen LogP contribution in [-0.4, -0.2) is 67.4 Å². The summed E-state index contributed by atoms with van der Waals surface area (Å²) >= 11 is 16.5. The molecule has 4 fully saturated rings. The number of esters is 1. The largest absolute Gasteiger partial charge is 0.459 e. The van der Waals surface area contributed by atoms with Crippen LogP contribution in [0.2, 0.25) is 0 Å². The van der Waals surface area contributed by atoms with E-state index >= 15 is 0 Å². The molecule has 1 aromatic carbocycles. The number of alkyl halides is 3. The minimum Gasteiger partial charge on any atom is -0.459 e. The second-order valence-corrected chi connectivity index (χ2v) is 14.0. The molecule has 5 aliphatic rings. The van der Waals surface area contributed by atoms with Gasteiger partial charge in [0.25, 0.3) is 0 Å². The lowest BCUT2D eigenvalue weighted by molar-refractivity contribution is -0.150. The molecule has 1 aromatic rings. The average molecular weight is 616 g/mol. The highest BCUT2D eigenvalue weighted by Crippen LogP contribution is 2.69. The Morgan fingerprint density at radius 1 is 1.19 bits per heavy atom. The van der Waals surface area contributed by atoms with E-state index in [-0.39, 0.29) is 34.2 Å². The van der Waals surface area contributed by atoms with Gasteiger partial charge >= 0.3 is 5.97 Å². The van der Waals surface area contributed by atoms with E-state index < -0.39 is 52.1 Å². The van der Waals surface area contributed by atoms with Crippen LogP contribution in [0.15, 0.2) is 12.1 Å². The highest BCUT2D eigenvalue weighted by atomic mass is 79.9. The molecule has 6 unspecified atom stereocenters. The molecule has 0 radical (unpaired) electrons. The van der Waals surface area contributed by atoms with E-state index in [9.17, 15) is 24.6 Å². The molecule has 0 amide bonds. The summed E-state index contributed by atoms with van der Waals surface area (Å²) in [4.78, 5) is 38.0. The third-order valence-electron chi connectivity index (χ3n) is 9.89. The number of benzene rings is 1. The SMILES string of the molecule is Cc1c([C@@H](C(Cl)Cl)[C@H](O)C2CC(C)C(=O)O2)ccc2c1C(=O)C1[C@H]2CC(Br)C23OC(C[C@]12C)[C@H](O)C3=O. The van der Waals surface area contributed by atoms with Crippen molar-refractivity contribution in [2.45, 2.75) is 91.5 Å². The van der Waals surface area contributed by atoms with Gasteiger partial charge in [0.2, 0.25) is 0 Å². The number of cyclic esters (lactones) is 1.